The van der Waals surface area contributed by atoms with Gasteiger partial charge in [0.15, 0.2) is 0 Å². The van der Waals surface area contributed by atoms with Crippen LogP contribution in [0.4, 0.5) is 0 Å². The average Bonchev–Trinajstić information content (AvgIpc) is 2.12. The van der Waals surface area contributed by atoms with Crippen LogP contribution in [-0.4, -0.2) is 40.6 Å². The minimum atomic E-state index is -3.48. The Bertz CT molecular complexity index is 288. The van der Waals surface area contributed by atoms with Gasteiger partial charge in [0.1, 0.15) is 0 Å². The fourth-order valence-electron chi connectivity index (χ4n) is 1.32. The molecule has 0 amide bonds. The molecule has 17 heavy (non-hydrogen) atoms. The van der Waals surface area contributed by atoms with Crippen molar-refractivity contribution in [1.29, 1.82) is 0 Å². The maximum absolute atomic E-state index is 10.9. The molecule has 0 saturated carbocycles. The van der Waals surface area contributed by atoms with Crippen LogP contribution in [0, 0.1) is 5.41 Å². The summed E-state index contributed by atoms with van der Waals surface area (Å²) in [5.74, 6) is -0.0851. The van der Waals surface area contributed by atoms with E-state index in [1.54, 1.807) is 0 Å². The lowest BCUT2D eigenvalue weighted by Crippen LogP contribution is -2.27. The first-order valence-electron chi connectivity index (χ1n) is 5.85. The average molecular weight is 287 g/mol. The lowest BCUT2D eigenvalue weighted by molar-refractivity contribution is 0.0196. The molecule has 0 aliphatic heterocycles. The third-order valence-corrected chi connectivity index (χ3v) is 3.52. The predicted octanol–water partition coefficient (Wildman–Crippen LogP) is 2.41. The highest BCUT2D eigenvalue weighted by Crippen LogP contribution is 2.20. The Morgan fingerprint density at radius 2 is 1.71 bits per heavy atom. The number of halogens is 1. The minimum Gasteiger partial charge on any atom is -0.379 e. The van der Waals surface area contributed by atoms with E-state index in [-0.39, 0.29) is 5.75 Å². The minimum absolute atomic E-state index is 0.0851. The highest BCUT2D eigenvalue weighted by molar-refractivity contribution is 8.13. The molecule has 0 fully saturated rings. The van der Waals surface area contributed by atoms with Crippen LogP contribution in [0.1, 0.15) is 33.6 Å². The van der Waals surface area contributed by atoms with Crippen LogP contribution in [0.3, 0.4) is 0 Å². The van der Waals surface area contributed by atoms with E-state index in [0.29, 0.717) is 19.8 Å². The molecule has 6 heteroatoms. The molecular weight excluding hydrogens is 264 g/mol. The van der Waals surface area contributed by atoms with Crippen LogP contribution in [0.5, 0.6) is 0 Å². The van der Waals surface area contributed by atoms with Crippen LogP contribution >= 0.6 is 10.7 Å². The van der Waals surface area contributed by atoms with E-state index in [9.17, 15) is 8.42 Å². The number of unbranched alkanes of at least 4 members (excludes halogenated alkanes) is 1. The number of hydrogen-bond donors (Lipinski definition) is 0. The first-order chi connectivity index (χ1) is 7.77. The van der Waals surface area contributed by atoms with Gasteiger partial charge in [-0.1, -0.05) is 27.2 Å². The molecule has 0 bridgehead atoms. The van der Waals surface area contributed by atoms with Gasteiger partial charge in [-0.15, -0.1) is 0 Å². The summed E-state index contributed by atoms with van der Waals surface area (Å²) in [6.45, 7) is 7.86. The van der Waals surface area contributed by atoms with Gasteiger partial charge in [-0.05, 0) is 6.42 Å². The van der Waals surface area contributed by atoms with Gasteiger partial charge in [0.2, 0.25) is 9.05 Å². The molecular formula is C11H23ClO4S. The fraction of sp³-hybridized carbons (Fsp3) is 1.00. The first-order valence-corrected chi connectivity index (χ1v) is 8.32. The zero-order valence-corrected chi connectivity index (χ0v) is 12.4. The van der Waals surface area contributed by atoms with Gasteiger partial charge in [-0.2, -0.15) is 0 Å². The van der Waals surface area contributed by atoms with Crippen LogP contribution < -0.4 is 0 Å². The molecule has 0 aliphatic rings. The molecule has 0 saturated heterocycles. The van der Waals surface area contributed by atoms with Crippen LogP contribution in [0.2, 0.25) is 0 Å². The largest absolute Gasteiger partial charge is 0.379 e. The Balaban J connectivity index is 3.59. The van der Waals surface area contributed by atoms with Crippen molar-refractivity contribution in [3.8, 4) is 0 Å². The Morgan fingerprint density at radius 1 is 1.12 bits per heavy atom. The molecule has 0 atom stereocenters. The van der Waals surface area contributed by atoms with Crippen molar-refractivity contribution in [2.24, 2.45) is 5.41 Å². The number of ether oxygens (including phenoxy) is 2. The molecule has 0 N–H and O–H groups in total. The summed E-state index contributed by atoms with van der Waals surface area (Å²) in [6, 6.07) is 0. The van der Waals surface area contributed by atoms with Crippen LogP contribution in [0.25, 0.3) is 0 Å². The summed E-state index contributed by atoms with van der Waals surface area (Å²) >= 11 is 0. The summed E-state index contributed by atoms with van der Waals surface area (Å²) in [4.78, 5) is 0. The second-order valence-corrected chi connectivity index (χ2v) is 7.64. The van der Waals surface area contributed by atoms with Gasteiger partial charge in [0, 0.05) is 22.7 Å². The molecule has 104 valence electrons. The Morgan fingerprint density at radius 3 is 2.24 bits per heavy atom. The summed E-state index contributed by atoms with van der Waals surface area (Å²) in [5, 5.41) is 0. The molecule has 0 aromatic heterocycles. The molecule has 0 radical (unpaired) electrons. The van der Waals surface area contributed by atoms with E-state index in [2.05, 4.69) is 6.92 Å². The number of rotatable bonds is 10. The normalized spacial score (nSPS) is 12.9. The lowest BCUT2D eigenvalue weighted by Gasteiger charge is -2.22. The lowest BCUT2D eigenvalue weighted by atomic mass is 9.98. The summed E-state index contributed by atoms with van der Waals surface area (Å²) < 4.78 is 32.6. The van der Waals surface area contributed by atoms with Crippen LogP contribution in [0.15, 0.2) is 0 Å². The predicted molar refractivity (Wildman–Crippen MR) is 70.0 cm³/mol. The van der Waals surface area contributed by atoms with E-state index < -0.39 is 14.5 Å². The highest BCUT2D eigenvalue weighted by atomic mass is 35.7. The molecule has 0 aromatic carbocycles. The quantitative estimate of drug-likeness (QED) is 0.457. The zero-order chi connectivity index (χ0) is 13.4. The van der Waals surface area contributed by atoms with E-state index in [1.807, 2.05) is 13.8 Å². The number of hydrogen-bond acceptors (Lipinski definition) is 4. The van der Waals surface area contributed by atoms with Crippen molar-refractivity contribution in [3.05, 3.63) is 0 Å². The van der Waals surface area contributed by atoms with Crippen molar-refractivity contribution in [3.63, 3.8) is 0 Å². The van der Waals surface area contributed by atoms with Gasteiger partial charge in [0.25, 0.3) is 0 Å². The third kappa shape index (κ3) is 12.4. The summed E-state index contributed by atoms with van der Waals surface area (Å²) in [7, 11) is 1.73. The summed E-state index contributed by atoms with van der Waals surface area (Å²) in [6.07, 6.45) is 2.16. The van der Waals surface area contributed by atoms with Crippen molar-refractivity contribution >= 4 is 19.7 Å². The maximum Gasteiger partial charge on any atom is 0.233 e. The first kappa shape index (κ1) is 17.2. The van der Waals surface area contributed by atoms with Gasteiger partial charge < -0.3 is 9.47 Å². The van der Waals surface area contributed by atoms with Gasteiger partial charge in [0.05, 0.1) is 25.6 Å². The zero-order valence-electron chi connectivity index (χ0n) is 10.9. The van der Waals surface area contributed by atoms with Gasteiger partial charge in [-0.25, -0.2) is 8.42 Å². The van der Waals surface area contributed by atoms with Crippen molar-refractivity contribution in [1.82, 2.24) is 0 Å². The summed E-state index contributed by atoms with van der Waals surface area (Å²) in [5.41, 5.74) is -0.468. The maximum atomic E-state index is 10.9. The van der Waals surface area contributed by atoms with Crippen molar-refractivity contribution < 1.29 is 17.9 Å². The van der Waals surface area contributed by atoms with Crippen molar-refractivity contribution in [2.75, 3.05) is 32.2 Å². The molecule has 0 unspecified atom stereocenters. The Kier molecular flexibility index (Phi) is 8.37. The third-order valence-electron chi connectivity index (χ3n) is 2.07. The van der Waals surface area contributed by atoms with Gasteiger partial charge >= 0.3 is 0 Å². The van der Waals surface area contributed by atoms with Crippen molar-refractivity contribution in [2.45, 2.75) is 33.6 Å². The molecule has 0 spiro atoms. The smallest absolute Gasteiger partial charge is 0.233 e. The monoisotopic (exact) mass is 286 g/mol. The molecule has 4 nitrogen and oxygen atoms in total. The van der Waals surface area contributed by atoms with Gasteiger partial charge in [-0.3, -0.25) is 0 Å². The van der Waals surface area contributed by atoms with E-state index >= 15 is 0 Å². The Labute approximate surface area is 109 Å². The molecule has 0 aliphatic carbocycles. The van der Waals surface area contributed by atoms with E-state index in [0.717, 1.165) is 19.4 Å². The van der Waals surface area contributed by atoms with Crippen LogP contribution in [-0.2, 0) is 18.5 Å². The fourth-order valence-corrected chi connectivity index (χ4v) is 3.23. The molecule has 0 aromatic rings. The standard InChI is InChI=1S/C11H23ClO4S/c1-4-5-6-15-7-8-16-9-11(2,3)10-17(12,13)14/h4-10H2,1-3H3. The van der Waals surface area contributed by atoms with E-state index in [1.165, 1.54) is 0 Å². The van der Waals surface area contributed by atoms with E-state index in [4.69, 9.17) is 20.2 Å². The second kappa shape index (κ2) is 8.29. The molecule has 0 heterocycles. The highest BCUT2D eigenvalue weighted by Gasteiger charge is 2.25. The SMILES string of the molecule is CCCCOCCOCC(C)(C)CS(=O)(=O)Cl. The molecule has 0 rings (SSSR count). The Hall–Kier alpha value is 0.160. The topological polar surface area (TPSA) is 52.6 Å². The second-order valence-electron chi connectivity index (χ2n) is 4.87.